The van der Waals surface area contributed by atoms with Crippen LogP contribution in [0, 0.1) is 25.5 Å². The molecular formula is C24H26F2N4O3. The Kier molecular flexibility index (Phi) is 5.76. The van der Waals surface area contributed by atoms with E-state index in [4.69, 9.17) is 9.47 Å². The molecule has 5 rings (SSSR count). The van der Waals surface area contributed by atoms with Gasteiger partial charge in [-0.2, -0.15) is 0 Å². The van der Waals surface area contributed by atoms with Crippen molar-refractivity contribution in [1.29, 1.82) is 0 Å². The van der Waals surface area contributed by atoms with Crippen LogP contribution >= 0.6 is 0 Å². The highest BCUT2D eigenvalue weighted by Gasteiger charge is 2.29. The number of hydrazine groups is 1. The van der Waals surface area contributed by atoms with Crippen LogP contribution in [0.5, 0.6) is 5.75 Å². The Balaban J connectivity index is 1.43. The van der Waals surface area contributed by atoms with Gasteiger partial charge < -0.3 is 9.47 Å². The highest BCUT2D eigenvalue weighted by atomic mass is 19.1. The molecule has 0 radical (unpaired) electrons. The zero-order valence-corrected chi connectivity index (χ0v) is 18.7. The topological polar surface area (TPSA) is 68.1 Å². The summed E-state index contributed by atoms with van der Waals surface area (Å²) in [6, 6.07) is 4.58. The lowest BCUT2D eigenvalue weighted by Crippen LogP contribution is -2.48. The molecule has 9 heteroatoms. The number of morpholine rings is 1. The number of hydrogen-bond acceptors (Lipinski definition) is 5. The SMILES string of the molecule is Cc1cc(OCc2c(F)ccc(C3CC3)c2F)c2nc(C)c(C(=O)NN3CCOCC3)n2c1. The van der Waals surface area contributed by atoms with Crippen LogP contribution < -0.4 is 10.2 Å². The minimum Gasteiger partial charge on any atom is -0.485 e. The van der Waals surface area contributed by atoms with Gasteiger partial charge in [-0.15, -0.1) is 0 Å². The summed E-state index contributed by atoms with van der Waals surface area (Å²) in [5.74, 6) is -0.929. The van der Waals surface area contributed by atoms with Crippen LogP contribution in [0.15, 0.2) is 24.4 Å². The minimum atomic E-state index is -0.634. The number of fused-ring (bicyclic) bond motifs is 1. The minimum absolute atomic E-state index is 0.0902. The van der Waals surface area contributed by atoms with Crippen LogP contribution in [0.3, 0.4) is 0 Å². The summed E-state index contributed by atoms with van der Waals surface area (Å²) in [5, 5.41) is 1.82. The average Bonchev–Trinajstić information content (AvgIpc) is 3.56. The maximum Gasteiger partial charge on any atom is 0.284 e. The molecule has 1 aromatic carbocycles. The number of nitrogens with zero attached hydrogens (tertiary/aromatic N) is 3. The van der Waals surface area contributed by atoms with E-state index < -0.39 is 11.6 Å². The molecule has 1 saturated carbocycles. The van der Waals surface area contributed by atoms with Gasteiger partial charge in [-0.1, -0.05) is 6.07 Å². The lowest BCUT2D eigenvalue weighted by Gasteiger charge is -2.26. The van der Waals surface area contributed by atoms with E-state index in [1.54, 1.807) is 23.6 Å². The first-order valence-electron chi connectivity index (χ1n) is 11.1. The number of aromatic nitrogens is 2. The van der Waals surface area contributed by atoms with E-state index in [2.05, 4.69) is 10.4 Å². The molecule has 0 unspecified atom stereocenters. The smallest absolute Gasteiger partial charge is 0.284 e. The molecule has 1 amide bonds. The maximum absolute atomic E-state index is 14.9. The predicted molar refractivity (Wildman–Crippen MR) is 117 cm³/mol. The van der Waals surface area contributed by atoms with Gasteiger partial charge in [0.2, 0.25) is 0 Å². The van der Waals surface area contributed by atoms with E-state index in [0.29, 0.717) is 54.7 Å². The second-order valence-electron chi connectivity index (χ2n) is 8.65. The molecule has 2 fully saturated rings. The van der Waals surface area contributed by atoms with Gasteiger partial charge in [-0.3, -0.25) is 14.6 Å². The van der Waals surface area contributed by atoms with E-state index in [0.717, 1.165) is 18.4 Å². The summed E-state index contributed by atoms with van der Waals surface area (Å²) >= 11 is 0. The van der Waals surface area contributed by atoms with Gasteiger partial charge in [0.25, 0.3) is 5.91 Å². The predicted octanol–water partition coefficient (Wildman–Crippen LogP) is 3.66. The fourth-order valence-electron chi connectivity index (χ4n) is 4.22. The molecular weight excluding hydrogens is 430 g/mol. The molecule has 0 atom stereocenters. The number of rotatable bonds is 6. The van der Waals surface area contributed by atoms with E-state index in [1.807, 2.05) is 11.9 Å². The second kappa shape index (κ2) is 8.72. The van der Waals surface area contributed by atoms with Gasteiger partial charge in [0, 0.05) is 19.3 Å². The molecule has 3 heterocycles. The van der Waals surface area contributed by atoms with Crippen molar-refractivity contribution in [2.24, 2.45) is 0 Å². The summed E-state index contributed by atoms with van der Waals surface area (Å²) in [4.78, 5) is 17.5. The van der Waals surface area contributed by atoms with Crippen molar-refractivity contribution < 1.29 is 23.0 Å². The number of carbonyl (C=O) groups excluding carboxylic acids is 1. The largest absolute Gasteiger partial charge is 0.485 e. The van der Waals surface area contributed by atoms with Crippen molar-refractivity contribution in [2.75, 3.05) is 26.3 Å². The summed E-state index contributed by atoms with van der Waals surface area (Å²) < 4.78 is 42.2. The number of pyridine rings is 1. The molecule has 1 saturated heterocycles. The van der Waals surface area contributed by atoms with Gasteiger partial charge in [-0.05, 0) is 55.9 Å². The Morgan fingerprint density at radius 1 is 1.24 bits per heavy atom. The third kappa shape index (κ3) is 4.30. The first-order chi connectivity index (χ1) is 15.9. The molecule has 7 nitrogen and oxygen atoms in total. The van der Waals surface area contributed by atoms with Gasteiger partial charge in [0.1, 0.15) is 23.9 Å². The Hall–Kier alpha value is -3.04. The monoisotopic (exact) mass is 456 g/mol. The molecule has 0 bridgehead atoms. The number of hydrogen-bond donors (Lipinski definition) is 1. The third-order valence-electron chi connectivity index (χ3n) is 6.09. The van der Waals surface area contributed by atoms with E-state index in [-0.39, 0.29) is 24.0 Å². The average molecular weight is 456 g/mol. The lowest BCUT2D eigenvalue weighted by molar-refractivity contribution is 0.0124. The lowest BCUT2D eigenvalue weighted by atomic mass is 10.1. The van der Waals surface area contributed by atoms with Crippen LogP contribution in [-0.4, -0.2) is 46.6 Å². The van der Waals surface area contributed by atoms with Crippen molar-refractivity contribution >= 4 is 11.6 Å². The van der Waals surface area contributed by atoms with Crippen molar-refractivity contribution in [3.63, 3.8) is 0 Å². The van der Waals surface area contributed by atoms with E-state index >= 15 is 0 Å². The quantitative estimate of drug-likeness (QED) is 0.613. The van der Waals surface area contributed by atoms with Crippen molar-refractivity contribution in [1.82, 2.24) is 19.8 Å². The number of aryl methyl sites for hydroxylation is 2. The van der Waals surface area contributed by atoms with Gasteiger partial charge in [0.05, 0.1) is 24.5 Å². The normalized spacial score (nSPS) is 16.8. The number of carbonyl (C=O) groups is 1. The highest BCUT2D eigenvalue weighted by Crippen LogP contribution is 2.42. The molecule has 33 heavy (non-hydrogen) atoms. The van der Waals surface area contributed by atoms with E-state index in [9.17, 15) is 13.6 Å². The van der Waals surface area contributed by atoms with Crippen molar-refractivity contribution in [2.45, 2.75) is 39.2 Å². The molecule has 1 aliphatic heterocycles. The number of nitrogens with one attached hydrogen (secondary N) is 1. The first-order valence-corrected chi connectivity index (χ1v) is 11.1. The summed E-state index contributed by atoms with van der Waals surface area (Å²) in [7, 11) is 0. The van der Waals surface area contributed by atoms with Crippen LogP contribution in [0.25, 0.3) is 5.65 Å². The molecule has 2 aliphatic rings. The fourth-order valence-corrected chi connectivity index (χ4v) is 4.22. The summed E-state index contributed by atoms with van der Waals surface area (Å²) in [5.41, 5.74) is 5.52. The summed E-state index contributed by atoms with van der Waals surface area (Å²) in [6.07, 6.45) is 3.64. The molecule has 1 aliphatic carbocycles. The Morgan fingerprint density at radius 2 is 2.00 bits per heavy atom. The number of benzene rings is 1. The van der Waals surface area contributed by atoms with Gasteiger partial charge in [-0.25, -0.2) is 18.8 Å². The highest BCUT2D eigenvalue weighted by molar-refractivity contribution is 5.94. The zero-order valence-electron chi connectivity index (χ0n) is 18.7. The molecule has 0 spiro atoms. The van der Waals surface area contributed by atoms with Crippen molar-refractivity contribution in [3.05, 3.63) is 64.1 Å². The van der Waals surface area contributed by atoms with E-state index in [1.165, 1.54) is 12.1 Å². The van der Waals surface area contributed by atoms with Gasteiger partial charge >= 0.3 is 0 Å². The standard InChI is InChI=1S/C24H26F2N4O3/c1-14-11-20(33-13-18-19(25)6-5-17(21(18)26)16-3-4-16)23-27-15(2)22(30(23)12-14)24(31)28-29-7-9-32-10-8-29/h5-6,11-12,16H,3-4,7-10,13H2,1-2H3,(H,28,31). The third-order valence-corrected chi connectivity index (χ3v) is 6.09. The van der Waals surface area contributed by atoms with Gasteiger partial charge in [0.15, 0.2) is 11.4 Å². The van der Waals surface area contributed by atoms with Crippen LogP contribution in [-0.2, 0) is 11.3 Å². The second-order valence-corrected chi connectivity index (χ2v) is 8.65. The molecule has 3 aromatic rings. The number of amides is 1. The molecule has 1 N–H and O–H groups in total. The Bertz CT molecular complexity index is 1220. The summed E-state index contributed by atoms with van der Waals surface area (Å²) in [6.45, 7) is 5.66. The molecule has 2 aromatic heterocycles. The number of halogens is 2. The number of ether oxygens (including phenoxy) is 2. The Labute approximate surface area is 190 Å². The first kappa shape index (κ1) is 21.8. The zero-order chi connectivity index (χ0) is 23.1. The van der Waals surface area contributed by atoms with Crippen molar-refractivity contribution in [3.8, 4) is 5.75 Å². The van der Waals surface area contributed by atoms with Crippen LogP contribution in [0.4, 0.5) is 8.78 Å². The Morgan fingerprint density at radius 3 is 2.73 bits per heavy atom. The fraction of sp³-hybridized carbons (Fsp3) is 0.417. The number of imidazole rings is 1. The maximum atomic E-state index is 14.9. The van der Waals surface area contributed by atoms with Crippen LogP contribution in [0.2, 0.25) is 0 Å². The molecule has 174 valence electrons. The van der Waals surface area contributed by atoms with Crippen LogP contribution in [0.1, 0.15) is 51.6 Å².